The maximum atomic E-state index is 12.4. The summed E-state index contributed by atoms with van der Waals surface area (Å²) in [6.07, 6.45) is 3.37. The van der Waals surface area contributed by atoms with Crippen LogP contribution in [0, 0.1) is 24.7 Å². The number of ether oxygens (including phenoxy) is 1. The van der Waals surface area contributed by atoms with Crippen LogP contribution in [-0.4, -0.2) is 12.1 Å². The maximum Gasteiger partial charge on any atom is 0.338 e. The van der Waals surface area contributed by atoms with Gasteiger partial charge in [-0.3, -0.25) is 0 Å². The molecule has 3 heteroatoms. The van der Waals surface area contributed by atoms with Gasteiger partial charge in [-0.15, -0.1) is 0 Å². The summed E-state index contributed by atoms with van der Waals surface area (Å²) >= 11 is 0. The molecule has 0 heterocycles. The molecule has 0 radical (unpaired) electrons. The molecular weight excluding hydrogens is 262 g/mol. The van der Waals surface area contributed by atoms with Gasteiger partial charge < -0.3 is 10.5 Å². The Labute approximate surface area is 127 Å². The Balaban J connectivity index is 2.12. The fourth-order valence-electron chi connectivity index (χ4n) is 3.39. The lowest BCUT2D eigenvalue weighted by atomic mass is 9.75. The Morgan fingerprint density at radius 2 is 2.00 bits per heavy atom. The zero-order valence-electron chi connectivity index (χ0n) is 13.6. The SMILES string of the molecule is Cc1cc(N)cc(C(=O)OC2CC(C)CCC2C(C)C)c1. The van der Waals surface area contributed by atoms with Crippen molar-refractivity contribution in [3.63, 3.8) is 0 Å². The van der Waals surface area contributed by atoms with Crippen LogP contribution in [0.4, 0.5) is 5.69 Å². The van der Waals surface area contributed by atoms with Crippen molar-refractivity contribution >= 4 is 11.7 Å². The number of esters is 1. The molecule has 2 rings (SSSR count). The van der Waals surface area contributed by atoms with Gasteiger partial charge in [-0.05, 0) is 61.3 Å². The van der Waals surface area contributed by atoms with Crippen molar-refractivity contribution in [2.45, 2.75) is 53.1 Å². The van der Waals surface area contributed by atoms with E-state index in [1.807, 2.05) is 19.1 Å². The highest BCUT2D eigenvalue weighted by Gasteiger charge is 2.33. The summed E-state index contributed by atoms with van der Waals surface area (Å²) in [6.45, 7) is 8.60. The third-order valence-electron chi connectivity index (χ3n) is 4.56. The van der Waals surface area contributed by atoms with Gasteiger partial charge in [-0.2, -0.15) is 0 Å². The number of benzene rings is 1. The van der Waals surface area contributed by atoms with Crippen LogP contribution in [0.5, 0.6) is 0 Å². The van der Waals surface area contributed by atoms with Crippen molar-refractivity contribution in [2.75, 3.05) is 5.73 Å². The third kappa shape index (κ3) is 3.99. The molecule has 3 unspecified atom stereocenters. The van der Waals surface area contributed by atoms with Crippen molar-refractivity contribution in [1.82, 2.24) is 0 Å². The maximum absolute atomic E-state index is 12.4. The first-order chi connectivity index (χ1) is 9.86. The first-order valence-electron chi connectivity index (χ1n) is 7.95. The Morgan fingerprint density at radius 3 is 2.62 bits per heavy atom. The Bertz CT molecular complexity index is 490. The largest absolute Gasteiger partial charge is 0.458 e. The summed E-state index contributed by atoms with van der Waals surface area (Å²) in [5.41, 5.74) is 7.98. The molecule has 116 valence electrons. The standard InChI is InChI=1S/C18H27NO2/c1-11(2)16-6-5-12(3)9-17(16)21-18(20)14-7-13(4)8-15(19)10-14/h7-8,10-12,16-17H,5-6,9,19H2,1-4H3. The number of nitrogen functional groups attached to an aromatic ring is 1. The molecular formula is C18H27NO2. The van der Waals surface area contributed by atoms with Gasteiger partial charge in [0.1, 0.15) is 6.10 Å². The van der Waals surface area contributed by atoms with E-state index in [4.69, 9.17) is 10.5 Å². The number of aryl methyl sites for hydroxylation is 1. The number of rotatable bonds is 3. The van der Waals surface area contributed by atoms with Crippen LogP contribution >= 0.6 is 0 Å². The van der Waals surface area contributed by atoms with Crippen molar-refractivity contribution in [1.29, 1.82) is 0 Å². The van der Waals surface area contributed by atoms with Crippen LogP contribution in [-0.2, 0) is 4.74 Å². The van der Waals surface area contributed by atoms with Crippen LogP contribution in [0.1, 0.15) is 56.0 Å². The highest BCUT2D eigenvalue weighted by atomic mass is 16.5. The molecule has 1 aromatic carbocycles. The van der Waals surface area contributed by atoms with Gasteiger partial charge >= 0.3 is 5.97 Å². The Kier molecular flexibility index (Phi) is 4.92. The Hall–Kier alpha value is -1.51. The number of hydrogen-bond donors (Lipinski definition) is 1. The van der Waals surface area contributed by atoms with E-state index >= 15 is 0 Å². The fourth-order valence-corrected chi connectivity index (χ4v) is 3.39. The molecule has 0 spiro atoms. The summed E-state index contributed by atoms with van der Waals surface area (Å²) in [5.74, 6) is 1.39. The van der Waals surface area contributed by atoms with Crippen LogP contribution in [0.15, 0.2) is 18.2 Å². The molecule has 3 atom stereocenters. The first-order valence-corrected chi connectivity index (χ1v) is 7.95. The van der Waals surface area contributed by atoms with Gasteiger partial charge in [-0.25, -0.2) is 4.79 Å². The topological polar surface area (TPSA) is 52.3 Å². The second-order valence-corrected chi connectivity index (χ2v) is 6.90. The molecule has 2 N–H and O–H groups in total. The van der Waals surface area contributed by atoms with Crippen LogP contribution in [0.3, 0.4) is 0 Å². The van der Waals surface area contributed by atoms with E-state index < -0.39 is 0 Å². The predicted octanol–water partition coefficient (Wildman–Crippen LogP) is 4.19. The number of hydrogen-bond acceptors (Lipinski definition) is 3. The molecule has 3 nitrogen and oxygen atoms in total. The highest BCUT2D eigenvalue weighted by molar-refractivity contribution is 5.90. The van der Waals surface area contributed by atoms with E-state index in [9.17, 15) is 4.79 Å². The number of carbonyl (C=O) groups excluding carboxylic acids is 1. The van der Waals surface area contributed by atoms with Crippen molar-refractivity contribution in [3.05, 3.63) is 29.3 Å². The molecule has 0 saturated heterocycles. The molecule has 21 heavy (non-hydrogen) atoms. The molecule has 1 fully saturated rings. The van der Waals surface area contributed by atoms with Crippen molar-refractivity contribution in [2.24, 2.45) is 17.8 Å². The van der Waals surface area contributed by atoms with E-state index in [0.717, 1.165) is 18.4 Å². The number of nitrogens with two attached hydrogens (primary N) is 1. The zero-order chi connectivity index (χ0) is 15.6. The monoisotopic (exact) mass is 289 g/mol. The van der Waals surface area contributed by atoms with Crippen LogP contribution < -0.4 is 5.73 Å². The first kappa shape index (κ1) is 15.9. The van der Waals surface area contributed by atoms with Crippen LogP contribution in [0.2, 0.25) is 0 Å². The third-order valence-corrected chi connectivity index (χ3v) is 4.56. The van der Waals surface area contributed by atoms with Gasteiger partial charge in [0.15, 0.2) is 0 Å². The molecule has 1 saturated carbocycles. The second kappa shape index (κ2) is 6.50. The molecule has 0 amide bonds. The summed E-state index contributed by atoms with van der Waals surface area (Å²) in [5, 5.41) is 0. The van der Waals surface area contributed by atoms with E-state index in [2.05, 4.69) is 20.8 Å². The van der Waals surface area contributed by atoms with E-state index in [0.29, 0.717) is 29.0 Å². The fraction of sp³-hybridized carbons (Fsp3) is 0.611. The molecule has 1 aliphatic carbocycles. The second-order valence-electron chi connectivity index (χ2n) is 6.90. The van der Waals surface area contributed by atoms with E-state index in [-0.39, 0.29) is 12.1 Å². The average Bonchev–Trinajstić information content (AvgIpc) is 2.37. The highest BCUT2D eigenvalue weighted by Crippen LogP contribution is 2.35. The minimum atomic E-state index is -0.241. The normalized spacial score (nSPS) is 25.9. The molecule has 0 aliphatic heterocycles. The molecule has 0 aromatic heterocycles. The van der Waals surface area contributed by atoms with E-state index in [1.54, 1.807) is 6.07 Å². The number of anilines is 1. The minimum absolute atomic E-state index is 0.0305. The lowest BCUT2D eigenvalue weighted by Gasteiger charge is -2.36. The smallest absolute Gasteiger partial charge is 0.338 e. The lowest BCUT2D eigenvalue weighted by Crippen LogP contribution is -2.35. The summed E-state index contributed by atoms with van der Waals surface area (Å²) in [6, 6.07) is 5.40. The molecule has 0 bridgehead atoms. The summed E-state index contributed by atoms with van der Waals surface area (Å²) in [7, 11) is 0. The van der Waals surface area contributed by atoms with Gasteiger partial charge in [0.05, 0.1) is 5.56 Å². The quantitative estimate of drug-likeness (QED) is 0.670. The number of carbonyl (C=O) groups is 1. The van der Waals surface area contributed by atoms with E-state index in [1.165, 1.54) is 6.42 Å². The molecule has 1 aliphatic rings. The predicted molar refractivity (Wildman–Crippen MR) is 86.1 cm³/mol. The summed E-state index contributed by atoms with van der Waals surface area (Å²) in [4.78, 5) is 12.4. The minimum Gasteiger partial charge on any atom is -0.458 e. The van der Waals surface area contributed by atoms with Gasteiger partial charge in [0, 0.05) is 5.69 Å². The van der Waals surface area contributed by atoms with Gasteiger partial charge in [0.25, 0.3) is 0 Å². The average molecular weight is 289 g/mol. The van der Waals surface area contributed by atoms with Gasteiger partial charge in [0.2, 0.25) is 0 Å². The van der Waals surface area contributed by atoms with Crippen LogP contribution in [0.25, 0.3) is 0 Å². The lowest BCUT2D eigenvalue weighted by molar-refractivity contribution is -0.0174. The van der Waals surface area contributed by atoms with Gasteiger partial charge in [-0.1, -0.05) is 27.2 Å². The zero-order valence-corrected chi connectivity index (χ0v) is 13.6. The van der Waals surface area contributed by atoms with Crippen molar-refractivity contribution < 1.29 is 9.53 Å². The Morgan fingerprint density at radius 1 is 1.29 bits per heavy atom. The molecule has 1 aromatic rings. The van der Waals surface area contributed by atoms with Crippen molar-refractivity contribution in [3.8, 4) is 0 Å². The summed E-state index contributed by atoms with van der Waals surface area (Å²) < 4.78 is 5.84.